The van der Waals surface area contributed by atoms with Gasteiger partial charge in [-0.1, -0.05) is 18.2 Å². The number of aliphatic imine (C=N–C) groups is 1. The van der Waals surface area contributed by atoms with Crippen LogP contribution in [-0.2, 0) is 13.0 Å². The smallest absolute Gasteiger partial charge is 0.274 e. The van der Waals surface area contributed by atoms with Crippen molar-refractivity contribution in [3.63, 3.8) is 0 Å². The van der Waals surface area contributed by atoms with E-state index >= 15 is 0 Å². The second kappa shape index (κ2) is 11.1. The van der Waals surface area contributed by atoms with Gasteiger partial charge < -0.3 is 10.6 Å². The van der Waals surface area contributed by atoms with Crippen LogP contribution in [0.4, 0.5) is 5.69 Å². The van der Waals surface area contributed by atoms with Crippen molar-refractivity contribution in [1.29, 1.82) is 0 Å². The first kappa shape index (κ1) is 22.4. The second-order valence-electron chi connectivity index (χ2n) is 5.84. The van der Waals surface area contributed by atoms with Gasteiger partial charge in [-0.05, 0) is 32.9 Å². The summed E-state index contributed by atoms with van der Waals surface area (Å²) in [5, 5.41) is 17.7. The number of halogens is 1. The molecule has 1 aromatic carbocycles. The fraction of sp³-hybridized carbons (Fsp3) is 0.389. The highest BCUT2D eigenvalue weighted by Crippen LogP contribution is 2.18. The fourth-order valence-electron chi connectivity index (χ4n) is 2.49. The van der Waals surface area contributed by atoms with Crippen LogP contribution in [0, 0.1) is 17.0 Å². The van der Waals surface area contributed by atoms with E-state index in [-0.39, 0.29) is 47.2 Å². The zero-order valence-electron chi connectivity index (χ0n) is 15.2. The number of nitro benzene ring substituents is 1. The molecule has 0 aliphatic carbocycles. The number of nitrogens with one attached hydrogen (secondary N) is 2. The molecule has 0 aliphatic rings. The Morgan fingerprint density at radius 1 is 1.31 bits per heavy atom. The third kappa shape index (κ3) is 6.91. The summed E-state index contributed by atoms with van der Waals surface area (Å²) < 4.78 is 0. The lowest BCUT2D eigenvalue weighted by Gasteiger charge is -2.17. The average molecular weight is 488 g/mol. The molecular formula is C18H25IN4O2S. The van der Waals surface area contributed by atoms with Crippen molar-refractivity contribution in [3.8, 4) is 0 Å². The van der Waals surface area contributed by atoms with E-state index in [9.17, 15) is 10.1 Å². The Morgan fingerprint density at radius 3 is 2.65 bits per heavy atom. The number of guanidine groups is 1. The van der Waals surface area contributed by atoms with Crippen molar-refractivity contribution in [2.75, 3.05) is 6.54 Å². The van der Waals surface area contributed by atoms with Crippen LogP contribution in [0.15, 0.2) is 41.4 Å². The fourth-order valence-corrected chi connectivity index (χ4v) is 3.51. The highest BCUT2D eigenvalue weighted by molar-refractivity contribution is 14.0. The number of nitro groups is 1. The highest BCUT2D eigenvalue weighted by atomic mass is 127. The van der Waals surface area contributed by atoms with Crippen molar-refractivity contribution in [3.05, 3.63) is 61.8 Å². The molecule has 0 saturated carbocycles. The largest absolute Gasteiger partial charge is 0.357 e. The molecule has 2 rings (SSSR count). The molecule has 0 fully saturated rings. The van der Waals surface area contributed by atoms with Crippen molar-refractivity contribution in [2.24, 2.45) is 4.99 Å². The summed E-state index contributed by atoms with van der Waals surface area (Å²) in [4.78, 5) is 17.9. The van der Waals surface area contributed by atoms with E-state index in [2.05, 4.69) is 41.6 Å². The summed E-state index contributed by atoms with van der Waals surface area (Å²) >= 11 is 1.80. The van der Waals surface area contributed by atoms with Crippen LogP contribution >= 0.6 is 35.3 Å². The third-order valence-electron chi connectivity index (χ3n) is 3.63. The van der Waals surface area contributed by atoms with Gasteiger partial charge in [0.05, 0.1) is 17.0 Å². The lowest BCUT2D eigenvalue weighted by molar-refractivity contribution is -0.385. The number of thiophene rings is 1. The van der Waals surface area contributed by atoms with Crippen molar-refractivity contribution >= 4 is 47.0 Å². The molecule has 0 amide bonds. The first-order valence-corrected chi connectivity index (χ1v) is 9.13. The minimum Gasteiger partial charge on any atom is -0.357 e. The molecule has 8 heteroatoms. The van der Waals surface area contributed by atoms with E-state index < -0.39 is 0 Å². The average Bonchev–Trinajstić information content (AvgIpc) is 2.97. The number of hydrogen-bond donors (Lipinski definition) is 2. The molecule has 2 N–H and O–H groups in total. The molecule has 6 nitrogen and oxygen atoms in total. The Balaban J connectivity index is 0.00000338. The van der Waals surface area contributed by atoms with Gasteiger partial charge in [0.2, 0.25) is 0 Å². The van der Waals surface area contributed by atoms with E-state index in [1.807, 2.05) is 6.92 Å². The van der Waals surface area contributed by atoms with Gasteiger partial charge in [-0.15, -0.1) is 35.3 Å². The molecule has 1 heterocycles. The summed E-state index contributed by atoms with van der Waals surface area (Å²) in [6.07, 6.45) is 0.911. The quantitative estimate of drug-likeness (QED) is 0.201. The number of para-hydroxylation sites is 1. The van der Waals surface area contributed by atoms with Crippen molar-refractivity contribution in [2.45, 2.75) is 39.8 Å². The van der Waals surface area contributed by atoms with E-state index in [1.54, 1.807) is 29.5 Å². The van der Waals surface area contributed by atoms with Crippen LogP contribution in [-0.4, -0.2) is 23.5 Å². The summed E-state index contributed by atoms with van der Waals surface area (Å²) in [6, 6.07) is 11.2. The van der Waals surface area contributed by atoms with Gasteiger partial charge in [0.15, 0.2) is 5.96 Å². The van der Waals surface area contributed by atoms with Crippen LogP contribution in [0.2, 0.25) is 0 Å². The highest BCUT2D eigenvalue weighted by Gasteiger charge is 2.12. The summed E-state index contributed by atoms with van der Waals surface area (Å²) in [7, 11) is 0. The minimum atomic E-state index is -0.368. The second-order valence-corrected chi connectivity index (χ2v) is 7.22. The van der Waals surface area contributed by atoms with E-state index in [0.717, 1.165) is 13.0 Å². The predicted octanol–water partition coefficient (Wildman–Crippen LogP) is 4.27. The van der Waals surface area contributed by atoms with E-state index in [0.29, 0.717) is 11.5 Å². The minimum absolute atomic E-state index is 0. The van der Waals surface area contributed by atoms with Crippen LogP contribution in [0.25, 0.3) is 0 Å². The van der Waals surface area contributed by atoms with E-state index in [1.165, 1.54) is 15.8 Å². The molecule has 0 saturated heterocycles. The Morgan fingerprint density at radius 2 is 2.04 bits per heavy atom. The van der Waals surface area contributed by atoms with Gasteiger partial charge in [-0.2, -0.15) is 0 Å². The molecule has 1 aromatic heterocycles. The summed E-state index contributed by atoms with van der Waals surface area (Å²) in [5.41, 5.74) is 0.704. The van der Waals surface area contributed by atoms with Crippen LogP contribution in [0.5, 0.6) is 0 Å². The Labute approximate surface area is 175 Å². The standard InChI is InChI=1S/C18H24N4O2S.HI/c1-4-19-18(21-13(2)11-16-10-9-14(3)25-16)20-12-15-7-5-6-8-17(15)22(23)24;/h5-10,13H,4,11-12H2,1-3H3,(H2,19,20,21);1H. The lowest BCUT2D eigenvalue weighted by Crippen LogP contribution is -2.43. The van der Waals surface area contributed by atoms with Crippen molar-refractivity contribution in [1.82, 2.24) is 10.6 Å². The van der Waals surface area contributed by atoms with Gasteiger partial charge in [0, 0.05) is 34.8 Å². The number of nitrogens with zero attached hydrogens (tertiary/aromatic N) is 2. The zero-order valence-corrected chi connectivity index (χ0v) is 18.3. The maximum atomic E-state index is 11.1. The normalized spacial score (nSPS) is 12.2. The monoisotopic (exact) mass is 488 g/mol. The first-order valence-electron chi connectivity index (χ1n) is 8.32. The zero-order chi connectivity index (χ0) is 18.2. The molecule has 0 bridgehead atoms. The van der Waals surface area contributed by atoms with Crippen LogP contribution in [0.3, 0.4) is 0 Å². The topological polar surface area (TPSA) is 79.6 Å². The Kier molecular flexibility index (Phi) is 9.57. The van der Waals surface area contributed by atoms with Crippen LogP contribution in [0.1, 0.15) is 29.2 Å². The van der Waals surface area contributed by atoms with E-state index in [4.69, 9.17) is 0 Å². The van der Waals surface area contributed by atoms with Gasteiger partial charge >= 0.3 is 0 Å². The number of rotatable bonds is 7. The van der Waals surface area contributed by atoms with Crippen molar-refractivity contribution < 1.29 is 4.92 Å². The first-order chi connectivity index (χ1) is 12.0. The predicted molar refractivity (Wildman–Crippen MR) is 119 cm³/mol. The summed E-state index contributed by atoms with van der Waals surface area (Å²) in [5.74, 6) is 0.668. The van der Waals surface area contributed by atoms with Crippen LogP contribution < -0.4 is 10.6 Å². The maximum absolute atomic E-state index is 11.1. The number of hydrogen-bond acceptors (Lipinski definition) is 4. The summed E-state index contributed by atoms with van der Waals surface area (Å²) in [6.45, 7) is 7.19. The van der Waals surface area contributed by atoms with Gasteiger partial charge in [-0.3, -0.25) is 10.1 Å². The molecule has 1 atom stereocenters. The molecule has 0 spiro atoms. The lowest BCUT2D eigenvalue weighted by atomic mass is 10.2. The third-order valence-corrected chi connectivity index (χ3v) is 4.65. The molecule has 142 valence electrons. The molecular weight excluding hydrogens is 463 g/mol. The van der Waals surface area contributed by atoms with Gasteiger partial charge in [-0.25, -0.2) is 4.99 Å². The number of aryl methyl sites for hydroxylation is 1. The van der Waals surface area contributed by atoms with Gasteiger partial charge in [0.1, 0.15) is 0 Å². The SMILES string of the molecule is CCNC(=NCc1ccccc1[N+](=O)[O-])NC(C)Cc1ccc(C)s1.I. The molecule has 1 unspecified atom stereocenters. The molecule has 26 heavy (non-hydrogen) atoms. The van der Waals surface area contributed by atoms with Gasteiger partial charge in [0.25, 0.3) is 5.69 Å². The Bertz CT molecular complexity index is 748. The molecule has 0 radical (unpaired) electrons. The molecule has 0 aliphatic heterocycles. The molecule has 2 aromatic rings. The maximum Gasteiger partial charge on any atom is 0.274 e. The Hall–Kier alpha value is -1.68. The number of benzene rings is 1.